The summed E-state index contributed by atoms with van der Waals surface area (Å²) in [4.78, 5) is 2.47. The van der Waals surface area contributed by atoms with Crippen LogP contribution in [0.1, 0.15) is 38.9 Å². The number of aryl methyl sites for hydroxylation is 1. The smallest absolute Gasteiger partial charge is 0.0912 e. The minimum absolute atomic E-state index is 0.148. The molecule has 0 bridgehead atoms. The van der Waals surface area contributed by atoms with Crippen molar-refractivity contribution in [1.82, 2.24) is 25.2 Å². The second-order valence-corrected chi connectivity index (χ2v) is 5.71. The average molecular weight is 281 g/mol. The summed E-state index contributed by atoms with van der Waals surface area (Å²) >= 11 is 0. The van der Waals surface area contributed by atoms with Crippen LogP contribution in [0, 0.1) is 0 Å². The monoisotopic (exact) mass is 281 g/mol. The topological polar surface area (TPSA) is 55.2 Å². The molecule has 2 atom stereocenters. The van der Waals surface area contributed by atoms with Crippen LogP contribution in [0.4, 0.5) is 0 Å². The zero-order valence-corrected chi connectivity index (χ0v) is 13.0. The first-order chi connectivity index (χ1) is 9.63. The number of ether oxygens (including phenoxy) is 1. The Hall–Kier alpha value is -0.980. The molecule has 1 aromatic rings. The Bertz CT molecular complexity index is 406. The van der Waals surface area contributed by atoms with Gasteiger partial charge >= 0.3 is 0 Å². The van der Waals surface area contributed by atoms with E-state index >= 15 is 0 Å². The molecule has 0 aromatic carbocycles. The lowest BCUT2D eigenvalue weighted by atomic mass is 10.0. The van der Waals surface area contributed by atoms with Gasteiger partial charge in [-0.25, -0.2) is 0 Å². The predicted octanol–water partition coefficient (Wildman–Crippen LogP) is 0.965. The largest absolute Gasteiger partial charge is 0.374 e. The molecule has 6 heteroatoms. The molecule has 2 unspecified atom stereocenters. The maximum atomic E-state index is 6.02. The summed E-state index contributed by atoms with van der Waals surface area (Å²) in [5.41, 5.74) is 1.09. The van der Waals surface area contributed by atoms with E-state index in [1.807, 2.05) is 17.9 Å². The van der Waals surface area contributed by atoms with Crippen molar-refractivity contribution >= 4 is 0 Å². The standard InChI is InChI=1S/C14H27N5O/c1-5-6-15-14(12-9-16-17-18(12)4)13-10-19(11(2)3)7-8-20-13/h9,11,13-15H,5-8,10H2,1-4H3. The molecule has 114 valence electrons. The molecule has 0 saturated carbocycles. The Labute approximate surface area is 121 Å². The van der Waals surface area contributed by atoms with Crippen molar-refractivity contribution in [2.45, 2.75) is 45.4 Å². The van der Waals surface area contributed by atoms with Crippen molar-refractivity contribution in [3.05, 3.63) is 11.9 Å². The molecular formula is C14H27N5O. The summed E-state index contributed by atoms with van der Waals surface area (Å²) in [7, 11) is 1.94. The number of nitrogens with one attached hydrogen (secondary N) is 1. The van der Waals surface area contributed by atoms with Gasteiger partial charge < -0.3 is 10.1 Å². The molecule has 2 rings (SSSR count). The molecule has 1 aromatic heterocycles. The molecule has 0 spiro atoms. The molecule has 20 heavy (non-hydrogen) atoms. The third-order valence-electron chi connectivity index (χ3n) is 3.91. The molecule has 0 radical (unpaired) electrons. The second-order valence-electron chi connectivity index (χ2n) is 5.71. The van der Waals surface area contributed by atoms with E-state index in [0.717, 1.165) is 38.4 Å². The van der Waals surface area contributed by atoms with Crippen molar-refractivity contribution in [3.8, 4) is 0 Å². The fourth-order valence-corrected chi connectivity index (χ4v) is 2.67. The zero-order chi connectivity index (χ0) is 14.5. The number of rotatable bonds is 6. The first-order valence-corrected chi connectivity index (χ1v) is 7.57. The highest BCUT2D eigenvalue weighted by Gasteiger charge is 2.31. The fourth-order valence-electron chi connectivity index (χ4n) is 2.67. The van der Waals surface area contributed by atoms with Crippen molar-refractivity contribution in [2.24, 2.45) is 7.05 Å². The molecule has 0 amide bonds. The number of aromatic nitrogens is 3. The number of hydrogen-bond donors (Lipinski definition) is 1. The lowest BCUT2D eigenvalue weighted by molar-refractivity contribution is -0.0571. The van der Waals surface area contributed by atoms with Gasteiger partial charge in [-0.05, 0) is 26.8 Å². The van der Waals surface area contributed by atoms with Crippen molar-refractivity contribution < 1.29 is 4.74 Å². The van der Waals surface area contributed by atoms with Gasteiger partial charge in [0.1, 0.15) is 0 Å². The minimum Gasteiger partial charge on any atom is -0.374 e. The molecule has 1 N–H and O–H groups in total. The third kappa shape index (κ3) is 3.56. The number of hydrogen-bond acceptors (Lipinski definition) is 5. The Kier molecular flexibility index (Phi) is 5.51. The Morgan fingerprint density at radius 2 is 2.30 bits per heavy atom. The van der Waals surface area contributed by atoms with Crippen LogP contribution < -0.4 is 5.32 Å². The summed E-state index contributed by atoms with van der Waals surface area (Å²) in [5, 5.41) is 11.6. The van der Waals surface area contributed by atoms with Gasteiger partial charge in [-0.15, -0.1) is 5.10 Å². The summed E-state index contributed by atoms with van der Waals surface area (Å²) in [6.07, 6.45) is 3.09. The van der Waals surface area contributed by atoms with Crippen molar-refractivity contribution in [1.29, 1.82) is 0 Å². The third-order valence-corrected chi connectivity index (χ3v) is 3.91. The molecule has 1 aliphatic heterocycles. The van der Waals surface area contributed by atoms with Crippen LogP contribution in [0.15, 0.2) is 6.20 Å². The molecule has 2 heterocycles. The predicted molar refractivity (Wildman–Crippen MR) is 78.5 cm³/mol. The van der Waals surface area contributed by atoms with Gasteiger partial charge in [0.2, 0.25) is 0 Å². The molecule has 1 fully saturated rings. The highest BCUT2D eigenvalue weighted by atomic mass is 16.5. The second kappa shape index (κ2) is 7.15. The first kappa shape index (κ1) is 15.4. The normalized spacial score (nSPS) is 22.4. The van der Waals surface area contributed by atoms with E-state index in [0.29, 0.717) is 6.04 Å². The van der Waals surface area contributed by atoms with Crippen LogP contribution in [-0.4, -0.2) is 58.3 Å². The summed E-state index contributed by atoms with van der Waals surface area (Å²) in [5.74, 6) is 0. The van der Waals surface area contributed by atoms with E-state index in [-0.39, 0.29) is 12.1 Å². The van der Waals surface area contributed by atoms with E-state index < -0.39 is 0 Å². The minimum atomic E-state index is 0.148. The SMILES string of the molecule is CCCNC(c1cnnn1C)C1CN(C(C)C)CCO1. The van der Waals surface area contributed by atoms with E-state index in [1.165, 1.54) is 0 Å². The maximum absolute atomic E-state index is 6.02. The van der Waals surface area contributed by atoms with E-state index in [2.05, 4.69) is 41.3 Å². The molecule has 0 aliphatic carbocycles. The first-order valence-electron chi connectivity index (χ1n) is 7.57. The van der Waals surface area contributed by atoms with Crippen LogP contribution in [0.2, 0.25) is 0 Å². The van der Waals surface area contributed by atoms with E-state index in [1.54, 1.807) is 0 Å². The quantitative estimate of drug-likeness (QED) is 0.842. The summed E-state index contributed by atoms with van der Waals surface area (Å²) < 4.78 is 7.86. The zero-order valence-electron chi connectivity index (χ0n) is 13.0. The van der Waals surface area contributed by atoms with E-state index in [4.69, 9.17) is 4.74 Å². The van der Waals surface area contributed by atoms with Gasteiger partial charge in [-0.2, -0.15) is 0 Å². The Balaban J connectivity index is 2.12. The molecule has 1 saturated heterocycles. The number of morpholine rings is 1. The lowest BCUT2D eigenvalue weighted by Crippen LogP contribution is -2.50. The van der Waals surface area contributed by atoms with Crippen LogP contribution >= 0.6 is 0 Å². The van der Waals surface area contributed by atoms with Crippen molar-refractivity contribution in [2.75, 3.05) is 26.2 Å². The van der Waals surface area contributed by atoms with Crippen LogP contribution in [0.5, 0.6) is 0 Å². The van der Waals surface area contributed by atoms with Gasteiger partial charge in [0.05, 0.1) is 30.6 Å². The van der Waals surface area contributed by atoms with Crippen molar-refractivity contribution in [3.63, 3.8) is 0 Å². The van der Waals surface area contributed by atoms with Gasteiger partial charge in [0.25, 0.3) is 0 Å². The average Bonchev–Trinajstić information content (AvgIpc) is 2.86. The number of nitrogens with zero attached hydrogens (tertiary/aromatic N) is 4. The highest BCUT2D eigenvalue weighted by molar-refractivity contribution is 5.06. The Morgan fingerprint density at radius 1 is 1.50 bits per heavy atom. The van der Waals surface area contributed by atoms with Gasteiger partial charge in [0, 0.05) is 26.2 Å². The summed E-state index contributed by atoms with van der Waals surface area (Å²) in [6, 6.07) is 0.703. The van der Waals surface area contributed by atoms with Gasteiger partial charge in [0.15, 0.2) is 0 Å². The molecule has 1 aliphatic rings. The van der Waals surface area contributed by atoms with E-state index in [9.17, 15) is 0 Å². The molecular weight excluding hydrogens is 254 g/mol. The fraction of sp³-hybridized carbons (Fsp3) is 0.857. The lowest BCUT2D eigenvalue weighted by Gasteiger charge is -2.39. The highest BCUT2D eigenvalue weighted by Crippen LogP contribution is 2.22. The Morgan fingerprint density at radius 3 is 2.90 bits per heavy atom. The molecule has 6 nitrogen and oxygen atoms in total. The van der Waals surface area contributed by atoms with Gasteiger partial charge in [-0.1, -0.05) is 12.1 Å². The van der Waals surface area contributed by atoms with Crippen LogP contribution in [-0.2, 0) is 11.8 Å². The maximum Gasteiger partial charge on any atom is 0.0912 e. The van der Waals surface area contributed by atoms with Crippen LogP contribution in [0.3, 0.4) is 0 Å². The van der Waals surface area contributed by atoms with Crippen LogP contribution in [0.25, 0.3) is 0 Å². The van der Waals surface area contributed by atoms with Gasteiger partial charge in [-0.3, -0.25) is 9.58 Å². The summed E-state index contributed by atoms with van der Waals surface area (Å²) in [6.45, 7) is 10.4.